The van der Waals surface area contributed by atoms with Gasteiger partial charge in [0.25, 0.3) is 5.91 Å². The molecule has 1 amide bonds. The van der Waals surface area contributed by atoms with Gasteiger partial charge in [0.2, 0.25) is 0 Å². The number of amides is 1. The summed E-state index contributed by atoms with van der Waals surface area (Å²) >= 11 is 0. The van der Waals surface area contributed by atoms with E-state index >= 15 is 0 Å². The molecule has 5 heteroatoms. The van der Waals surface area contributed by atoms with Gasteiger partial charge in [0, 0.05) is 17.1 Å². The van der Waals surface area contributed by atoms with Crippen LogP contribution in [0.4, 0.5) is 0 Å². The first-order valence-electron chi connectivity index (χ1n) is 6.73. The number of para-hydroxylation sites is 1. The average molecular weight is 274 g/mol. The molecule has 1 aromatic heterocycles. The lowest BCUT2D eigenvalue weighted by Gasteiger charge is -2.13. The van der Waals surface area contributed by atoms with E-state index < -0.39 is 12.0 Å². The molecule has 1 atom stereocenters. The minimum Gasteiger partial charge on any atom is -0.480 e. The highest BCUT2D eigenvalue weighted by Crippen LogP contribution is 2.17. The molecule has 106 valence electrons. The molecule has 0 aliphatic rings. The molecule has 0 fully saturated rings. The summed E-state index contributed by atoms with van der Waals surface area (Å²) in [6.07, 6.45) is 3.72. The summed E-state index contributed by atoms with van der Waals surface area (Å²) < 4.78 is 0. The Morgan fingerprint density at radius 3 is 2.80 bits per heavy atom. The largest absolute Gasteiger partial charge is 0.480 e. The second kappa shape index (κ2) is 6.23. The smallest absolute Gasteiger partial charge is 0.326 e. The van der Waals surface area contributed by atoms with E-state index in [1.807, 2.05) is 31.2 Å². The van der Waals surface area contributed by atoms with E-state index in [0.717, 1.165) is 23.7 Å². The lowest BCUT2D eigenvalue weighted by molar-refractivity contribution is -0.139. The number of rotatable bonds is 6. The van der Waals surface area contributed by atoms with Gasteiger partial charge in [-0.2, -0.15) is 0 Å². The van der Waals surface area contributed by atoms with Gasteiger partial charge in [-0.1, -0.05) is 38.0 Å². The van der Waals surface area contributed by atoms with Crippen molar-refractivity contribution < 1.29 is 14.7 Å². The Balaban J connectivity index is 2.16. The lowest BCUT2D eigenvalue weighted by atomic mass is 10.1. The molecule has 0 spiro atoms. The van der Waals surface area contributed by atoms with E-state index in [1.165, 1.54) is 0 Å². The molecule has 1 heterocycles. The number of benzene rings is 1. The van der Waals surface area contributed by atoms with Crippen LogP contribution in [-0.4, -0.2) is 28.0 Å². The third-order valence-corrected chi connectivity index (χ3v) is 3.28. The minimum absolute atomic E-state index is 0.356. The average Bonchev–Trinajstić information content (AvgIpc) is 2.87. The van der Waals surface area contributed by atoms with Crippen molar-refractivity contribution in [1.29, 1.82) is 0 Å². The highest BCUT2D eigenvalue weighted by molar-refractivity contribution is 6.07. The van der Waals surface area contributed by atoms with E-state index in [2.05, 4.69) is 10.3 Å². The SMILES string of the molecule is CCCCC(NC(=O)c1c[nH]c2ccccc12)C(=O)O. The standard InChI is InChI=1S/C15H18N2O3/c1-2-3-7-13(15(19)20)17-14(18)11-9-16-12-8-5-4-6-10(11)12/h4-6,8-9,13,16H,2-3,7H2,1H3,(H,17,18)(H,19,20). The molecule has 2 rings (SSSR count). The van der Waals surface area contributed by atoms with Crippen molar-refractivity contribution in [3.63, 3.8) is 0 Å². The van der Waals surface area contributed by atoms with Crippen LogP contribution in [0.5, 0.6) is 0 Å². The number of hydrogen-bond acceptors (Lipinski definition) is 2. The zero-order chi connectivity index (χ0) is 14.5. The Morgan fingerprint density at radius 1 is 1.35 bits per heavy atom. The Bertz CT molecular complexity index is 618. The van der Waals surface area contributed by atoms with Gasteiger partial charge in [-0.3, -0.25) is 4.79 Å². The van der Waals surface area contributed by atoms with Gasteiger partial charge in [0.15, 0.2) is 0 Å². The van der Waals surface area contributed by atoms with Crippen LogP contribution in [0, 0.1) is 0 Å². The van der Waals surface area contributed by atoms with Crippen LogP contribution >= 0.6 is 0 Å². The van der Waals surface area contributed by atoms with E-state index in [4.69, 9.17) is 5.11 Å². The number of carbonyl (C=O) groups is 2. The molecule has 1 unspecified atom stereocenters. The van der Waals surface area contributed by atoms with Crippen LogP contribution in [0.15, 0.2) is 30.5 Å². The van der Waals surface area contributed by atoms with Gasteiger partial charge in [0.1, 0.15) is 6.04 Å². The molecule has 0 radical (unpaired) electrons. The van der Waals surface area contributed by atoms with E-state index in [1.54, 1.807) is 6.20 Å². The molecule has 2 aromatic rings. The summed E-state index contributed by atoms with van der Waals surface area (Å²) in [6.45, 7) is 1.99. The predicted octanol–water partition coefficient (Wildman–Crippen LogP) is 2.54. The van der Waals surface area contributed by atoms with Crippen LogP contribution in [0.25, 0.3) is 10.9 Å². The summed E-state index contributed by atoms with van der Waals surface area (Å²) in [5, 5.41) is 12.5. The molecule has 5 nitrogen and oxygen atoms in total. The topological polar surface area (TPSA) is 82.2 Å². The molecule has 0 aliphatic carbocycles. The number of nitrogens with one attached hydrogen (secondary N) is 2. The highest BCUT2D eigenvalue weighted by atomic mass is 16.4. The van der Waals surface area contributed by atoms with Crippen molar-refractivity contribution >= 4 is 22.8 Å². The zero-order valence-corrected chi connectivity index (χ0v) is 11.3. The second-order valence-corrected chi connectivity index (χ2v) is 4.75. The van der Waals surface area contributed by atoms with Crippen molar-refractivity contribution in [3.8, 4) is 0 Å². The number of H-pyrrole nitrogens is 1. The van der Waals surface area contributed by atoms with E-state index in [-0.39, 0.29) is 5.91 Å². The van der Waals surface area contributed by atoms with Gasteiger partial charge < -0.3 is 15.4 Å². The van der Waals surface area contributed by atoms with Crippen LogP contribution in [-0.2, 0) is 4.79 Å². The van der Waals surface area contributed by atoms with Crippen molar-refractivity contribution in [3.05, 3.63) is 36.0 Å². The Hall–Kier alpha value is -2.30. The van der Waals surface area contributed by atoms with Gasteiger partial charge in [-0.05, 0) is 12.5 Å². The summed E-state index contributed by atoms with van der Waals surface area (Å²) in [6, 6.07) is 6.59. The number of carboxylic acid groups (broad SMARTS) is 1. The first-order chi connectivity index (χ1) is 9.63. The number of unbranched alkanes of at least 4 members (excludes halogenated alkanes) is 1. The van der Waals surface area contributed by atoms with Gasteiger partial charge in [-0.15, -0.1) is 0 Å². The fraction of sp³-hybridized carbons (Fsp3) is 0.333. The Kier molecular flexibility index (Phi) is 4.40. The molecule has 20 heavy (non-hydrogen) atoms. The van der Waals surface area contributed by atoms with E-state index in [9.17, 15) is 9.59 Å². The van der Waals surface area contributed by atoms with Crippen molar-refractivity contribution in [1.82, 2.24) is 10.3 Å². The Morgan fingerprint density at radius 2 is 2.10 bits per heavy atom. The Labute approximate surface area is 117 Å². The molecule has 0 bridgehead atoms. The molecular weight excluding hydrogens is 256 g/mol. The van der Waals surface area contributed by atoms with Crippen LogP contribution < -0.4 is 5.32 Å². The summed E-state index contributed by atoms with van der Waals surface area (Å²) in [7, 11) is 0. The van der Waals surface area contributed by atoms with Crippen molar-refractivity contribution in [2.75, 3.05) is 0 Å². The predicted molar refractivity (Wildman–Crippen MR) is 76.7 cm³/mol. The minimum atomic E-state index is -0.994. The second-order valence-electron chi connectivity index (χ2n) is 4.75. The maximum atomic E-state index is 12.2. The first-order valence-corrected chi connectivity index (χ1v) is 6.73. The zero-order valence-electron chi connectivity index (χ0n) is 11.3. The fourth-order valence-corrected chi connectivity index (χ4v) is 2.16. The van der Waals surface area contributed by atoms with E-state index in [0.29, 0.717) is 12.0 Å². The number of fused-ring (bicyclic) bond motifs is 1. The van der Waals surface area contributed by atoms with Crippen LogP contribution in [0.3, 0.4) is 0 Å². The normalized spacial score (nSPS) is 12.2. The molecule has 3 N–H and O–H groups in total. The number of carboxylic acids is 1. The van der Waals surface area contributed by atoms with Crippen molar-refractivity contribution in [2.24, 2.45) is 0 Å². The number of aromatic nitrogens is 1. The van der Waals surface area contributed by atoms with Crippen LogP contribution in [0.1, 0.15) is 36.5 Å². The number of hydrogen-bond donors (Lipinski definition) is 3. The molecule has 0 saturated heterocycles. The lowest BCUT2D eigenvalue weighted by Crippen LogP contribution is -2.40. The third-order valence-electron chi connectivity index (χ3n) is 3.28. The maximum Gasteiger partial charge on any atom is 0.326 e. The van der Waals surface area contributed by atoms with Crippen molar-refractivity contribution in [2.45, 2.75) is 32.2 Å². The number of aromatic amines is 1. The summed E-state index contributed by atoms with van der Waals surface area (Å²) in [5.74, 6) is -1.35. The van der Waals surface area contributed by atoms with Gasteiger partial charge in [-0.25, -0.2) is 4.79 Å². The number of carbonyl (C=O) groups excluding carboxylic acids is 1. The van der Waals surface area contributed by atoms with Gasteiger partial charge in [0.05, 0.1) is 5.56 Å². The maximum absolute atomic E-state index is 12.2. The summed E-state index contributed by atoms with van der Waals surface area (Å²) in [5.41, 5.74) is 1.33. The highest BCUT2D eigenvalue weighted by Gasteiger charge is 2.21. The molecular formula is C15H18N2O3. The summed E-state index contributed by atoms with van der Waals surface area (Å²) in [4.78, 5) is 26.4. The fourth-order valence-electron chi connectivity index (χ4n) is 2.16. The third kappa shape index (κ3) is 2.99. The first kappa shape index (κ1) is 14.1. The number of aliphatic carboxylic acids is 1. The monoisotopic (exact) mass is 274 g/mol. The van der Waals surface area contributed by atoms with Gasteiger partial charge >= 0.3 is 5.97 Å². The molecule has 0 saturated carbocycles. The quantitative estimate of drug-likeness (QED) is 0.757. The molecule has 0 aliphatic heterocycles. The molecule has 1 aromatic carbocycles. The van der Waals surface area contributed by atoms with Crippen LogP contribution in [0.2, 0.25) is 0 Å².